The highest BCUT2D eigenvalue weighted by molar-refractivity contribution is 6.05. The van der Waals surface area contributed by atoms with Gasteiger partial charge in [-0.15, -0.1) is 0 Å². The number of benzene rings is 1. The molecule has 2 atom stereocenters. The summed E-state index contributed by atoms with van der Waals surface area (Å²) < 4.78 is 0. The molecule has 4 nitrogen and oxygen atoms in total. The number of aryl methyl sites for hydroxylation is 1. The van der Waals surface area contributed by atoms with Gasteiger partial charge in [-0.05, 0) is 36.8 Å². The fourth-order valence-electron chi connectivity index (χ4n) is 3.40. The Morgan fingerprint density at radius 1 is 1.19 bits per heavy atom. The molecular weight excluding hydrogens is 264 g/mol. The number of imide groups is 1. The van der Waals surface area contributed by atoms with Crippen molar-refractivity contribution >= 4 is 11.8 Å². The average molecular weight is 286 g/mol. The zero-order valence-electron chi connectivity index (χ0n) is 12.5. The van der Waals surface area contributed by atoms with Crippen molar-refractivity contribution in [1.29, 1.82) is 0 Å². The van der Waals surface area contributed by atoms with Gasteiger partial charge < -0.3 is 5.32 Å². The first-order valence-electron chi connectivity index (χ1n) is 7.86. The number of hydrogen-bond acceptors (Lipinski definition) is 3. The molecule has 0 bridgehead atoms. The number of carbonyl (C=O) groups is 2. The predicted octanol–water partition coefficient (Wildman–Crippen LogP) is 1.67. The van der Waals surface area contributed by atoms with Crippen LogP contribution in [-0.2, 0) is 22.4 Å². The van der Waals surface area contributed by atoms with Crippen LogP contribution in [0.1, 0.15) is 37.3 Å². The number of hydrogen-bond donors (Lipinski definition) is 1. The molecule has 0 aromatic heterocycles. The molecule has 4 heteroatoms. The van der Waals surface area contributed by atoms with Crippen molar-refractivity contribution in [3.05, 3.63) is 35.4 Å². The number of nitrogens with one attached hydrogen (secondary N) is 1. The second-order valence-corrected chi connectivity index (χ2v) is 6.02. The van der Waals surface area contributed by atoms with E-state index in [-0.39, 0.29) is 17.9 Å². The minimum Gasteiger partial charge on any atom is -0.302 e. The first-order chi connectivity index (χ1) is 10.2. The summed E-state index contributed by atoms with van der Waals surface area (Å²) in [5, 5.41) is 3.42. The Labute approximate surface area is 125 Å². The van der Waals surface area contributed by atoms with E-state index in [1.54, 1.807) is 0 Å². The number of rotatable bonds is 4. The largest absolute Gasteiger partial charge is 0.302 e. The molecule has 1 saturated heterocycles. The summed E-state index contributed by atoms with van der Waals surface area (Å²) in [5.41, 5.74) is 2.78. The number of fused-ring (bicyclic) bond motifs is 1. The van der Waals surface area contributed by atoms with Crippen LogP contribution >= 0.6 is 0 Å². The Morgan fingerprint density at radius 3 is 2.71 bits per heavy atom. The lowest BCUT2D eigenvalue weighted by Crippen LogP contribution is -2.46. The van der Waals surface area contributed by atoms with Gasteiger partial charge in [-0.25, -0.2) is 0 Å². The summed E-state index contributed by atoms with van der Waals surface area (Å²) in [6.45, 7) is 2.53. The molecule has 3 rings (SSSR count). The summed E-state index contributed by atoms with van der Waals surface area (Å²) in [4.78, 5) is 25.6. The van der Waals surface area contributed by atoms with E-state index >= 15 is 0 Å². The topological polar surface area (TPSA) is 49.4 Å². The Kier molecular flexibility index (Phi) is 4.06. The second kappa shape index (κ2) is 5.98. The Morgan fingerprint density at radius 2 is 1.95 bits per heavy atom. The number of carbonyl (C=O) groups excluding carboxylic acids is 2. The van der Waals surface area contributed by atoms with Gasteiger partial charge in [0, 0.05) is 12.6 Å². The molecule has 2 aliphatic rings. The van der Waals surface area contributed by atoms with Crippen LogP contribution in [0.25, 0.3) is 0 Å². The van der Waals surface area contributed by atoms with Gasteiger partial charge in [-0.1, -0.05) is 31.2 Å². The van der Waals surface area contributed by atoms with E-state index < -0.39 is 0 Å². The fraction of sp³-hybridized carbons (Fsp3) is 0.529. The average Bonchev–Trinajstić information content (AvgIpc) is 2.75. The number of amides is 2. The van der Waals surface area contributed by atoms with Crippen molar-refractivity contribution in [3.8, 4) is 0 Å². The van der Waals surface area contributed by atoms with Gasteiger partial charge in [0.05, 0.1) is 12.5 Å². The van der Waals surface area contributed by atoms with Crippen molar-refractivity contribution in [2.75, 3.05) is 6.54 Å². The molecule has 1 fully saturated rings. The molecule has 0 spiro atoms. The lowest BCUT2D eigenvalue weighted by atomic mass is 9.88. The highest BCUT2D eigenvalue weighted by Crippen LogP contribution is 2.23. The molecule has 2 unspecified atom stereocenters. The van der Waals surface area contributed by atoms with Crippen molar-refractivity contribution in [2.24, 2.45) is 0 Å². The molecule has 1 N–H and O–H groups in total. The first kappa shape index (κ1) is 14.3. The lowest BCUT2D eigenvalue weighted by molar-refractivity contribution is -0.138. The molecule has 1 aliphatic heterocycles. The Balaban J connectivity index is 1.63. The van der Waals surface area contributed by atoms with Crippen molar-refractivity contribution in [3.63, 3.8) is 0 Å². The molecule has 21 heavy (non-hydrogen) atoms. The maximum absolute atomic E-state index is 12.3. The van der Waals surface area contributed by atoms with Crippen LogP contribution in [0.15, 0.2) is 24.3 Å². The summed E-state index contributed by atoms with van der Waals surface area (Å²) in [7, 11) is 0. The van der Waals surface area contributed by atoms with E-state index in [1.165, 1.54) is 16.0 Å². The number of likely N-dealkylation sites (tertiary alicyclic amines) is 1. The normalized spacial score (nSPS) is 25.3. The van der Waals surface area contributed by atoms with Crippen LogP contribution in [0.3, 0.4) is 0 Å². The quantitative estimate of drug-likeness (QED) is 0.857. The van der Waals surface area contributed by atoms with Gasteiger partial charge in [0.15, 0.2) is 0 Å². The lowest BCUT2D eigenvalue weighted by Gasteiger charge is -2.27. The molecular formula is C17H22N2O2. The zero-order valence-corrected chi connectivity index (χ0v) is 12.5. The summed E-state index contributed by atoms with van der Waals surface area (Å²) in [6, 6.07) is 8.46. The van der Waals surface area contributed by atoms with Crippen LogP contribution in [0.5, 0.6) is 0 Å². The van der Waals surface area contributed by atoms with Crippen LogP contribution in [0, 0.1) is 0 Å². The molecule has 1 aromatic carbocycles. The van der Waals surface area contributed by atoms with Gasteiger partial charge >= 0.3 is 0 Å². The third-order valence-electron chi connectivity index (χ3n) is 4.47. The van der Waals surface area contributed by atoms with Gasteiger partial charge in [0.2, 0.25) is 11.8 Å². The molecule has 112 valence electrons. The molecule has 1 aliphatic carbocycles. The van der Waals surface area contributed by atoms with E-state index in [4.69, 9.17) is 0 Å². The summed E-state index contributed by atoms with van der Waals surface area (Å²) in [5.74, 6) is -0.0729. The maximum atomic E-state index is 12.3. The summed E-state index contributed by atoms with van der Waals surface area (Å²) in [6.07, 6.45) is 4.16. The van der Waals surface area contributed by atoms with E-state index in [2.05, 4.69) is 29.6 Å². The zero-order chi connectivity index (χ0) is 14.8. The van der Waals surface area contributed by atoms with Crippen molar-refractivity contribution in [1.82, 2.24) is 10.2 Å². The van der Waals surface area contributed by atoms with E-state index in [1.807, 2.05) is 6.92 Å². The smallest absolute Gasteiger partial charge is 0.246 e. The van der Waals surface area contributed by atoms with Crippen molar-refractivity contribution in [2.45, 2.75) is 51.1 Å². The fourth-order valence-corrected chi connectivity index (χ4v) is 3.40. The standard InChI is InChI=1S/C17H22N2O2/c1-2-9-19-16(20)11-15(17(19)21)18-14-8-7-12-5-3-4-6-13(12)10-14/h3-6,14-15,18H,2,7-11H2,1H3. The monoisotopic (exact) mass is 286 g/mol. The Bertz CT molecular complexity index is 555. The Hall–Kier alpha value is -1.68. The third kappa shape index (κ3) is 2.86. The van der Waals surface area contributed by atoms with Crippen LogP contribution in [-0.4, -0.2) is 35.3 Å². The van der Waals surface area contributed by atoms with E-state index in [9.17, 15) is 9.59 Å². The molecule has 2 amide bonds. The van der Waals surface area contributed by atoms with Gasteiger partial charge in [0.1, 0.15) is 0 Å². The highest BCUT2D eigenvalue weighted by Gasteiger charge is 2.39. The second-order valence-electron chi connectivity index (χ2n) is 6.02. The minimum absolute atomic E-state index is 0.0319. The molecule has 1 heterocycles. The van der Waals surface area contributed by atoms with Gasteiger partial charge in [-0.2, -0.15) is 0 Å². The first-order valence-corrected chi connectivity index (χ1v) is 7.86. The molecule has 0 saturated carbocycles. The van der Waals surface area contributed by atoms with Crippen molar-refractivity contribution < 1.29 is 9.59 Å². The van der Waals surface area contributed by atoms with Gasteiger partial charge in [0.25, 0.3) is 0 Å². The SMILES string of the molecule is CCCN1C(=O)CC(NC2CCc3ccccc3C2)C1=O. The summed E-state index contributed by atoms with van der Waals surface area (Å²) >= 11 is 0. The molecule has 1 aromatic rings. The molecule has 0 radical (unpaired) electrons. The third-order valence-corrected chi connectivity index (χ3v) is 4.47. The highest BCUT2D eigenvalue weighted by atomic mass is 16.2. The van der Waals surface area contributed by atoms with Crippen LogP contribution in [0.2, 0.25) is 0 Å². The van der Waals surface area contributed by atoms with Crippen LogP contribution in [0.4, 0.5) is 0 Å². The maximum Gasteiger partial charge on any atom is 0.246 e. The minimum atomic E-state index is -0.320. The predicted molar refractivity (Wildman–Crippen MR) is 80.8 cm³/mol. The van der Waals surface area contributed by atoms with Gasteiger partial charge in [-0.3, -0.25) is 14.5 Å². The van der Waals surface area contributed by atoms with Crippen LogP contribution < -0.4 is 5.32 Å². The van der Waals surface area contributed by atoms with E-state index in [0.29, 0.717) is 19.0 Å². The number of nitrogens with zero attached hydrogens (tertiary/aromatic N) is 1. The van der Waals surface area contributed by atoms with E-state index in [0.717, 1.165) is 25.7 Å².